The van der Waals surface area contributed by atoms with Gasteiger partial charge < -0.3 is 20.6 Å². The summed E-state index contributed by atoms with van der Waals surface area (Å²) in [7, 11) is -2.71. The zero-order valence-corrected chi connectivity index (χ0v) is 24.1. The molecule has 220 valence electrons. The van der Waals surface area contributed by atoms with Crippen molar-refractivity contribution in [3.05, 3.63) is 83.4 Å². The number of para-hydroxylation sites is 1. The lowest BCUT2D eigenvalue weighted by molar-refractivity contribution is -0.432. The fraction of sp³-hybridized carbons (Fsp3) is 0.148. The van der Waals surface area contributed by atoms with Crippen molar-refractivity contribution in [2.24, 2.45) is 0 Å². The van der Waals surface area contributed by atoms with Crippen LogP contribution in [0.1, 0.15) is 16.7 Å². The Kier molecular flexibility index (Phi) is 10.4. The molecule has 0 radical (unpaired) electrons. The van der Waals surface area contributed by atoms with E-state index in [2.05, 4.69) is 35.0 Å². The number of rotatable bonds is 13. The van der Waals surface area contributed by atoms with Gasteiger partial charge in [-0.1, -0.05) is 53.6 Å². The van der Waals surface area contributed by atoms with Gasteiger partial charge in [-0.15, -0.1) is 4.33 Å². The standard InChI is InChI=1S/C27H28N6O7S2/c1-18-8-9-20(24(16-18)42(36,37)38)11-10-19-12-13-22(17-23(19)41-40-39-35)29-26-30-25(28-21-6-4-3-5-7-21)31-27(32-26)33(2)14-15-34/h3-13,16-17,34-35H,14-15H2,1-2H3,(H,36,37,38)(H2,28,29,30,31,32)/b11-10+. The molecule has 0 spiro atoms. The normalized spacial score (nSPS) is 11.5. The molecule has 0 aliphatic carbocycles. The lowest BCUT2D eigenvalue weighted by atomic mass is 10.1. The first-order chi connectivity index (χ1) is 20.2. The van der Waals surface area contributed by atoms with Crippen LogP contribution in [0, 0.1) is 6.92 Å². The van der Waals surface area contributed by atoms with Gasteiger partial charge >= 0.3 is 0 Å². The second-order valence-electron chi connectivity index (χ2n) is 8.87. The largest absolute Gasteiger partial charge is 0.395 e. The fourth-order valence-corrected chi connectivity index (χ4v) is 5.01. The Hall–Kier alpha value is -4.09. The molecule has 15 heteroatoms. The van der Waals surface area contributed by atoms with E-state index in [9.17, 15) is 18.1 Å². The maximum atomic E-state index is 11.9. The average molecular weight is 613 g/mol. The highest BCUT2D eigenvalue weighted by Crippen LogP contribution is 2.31. The Morgan fingerprint density at radius 3 is 2.26 bits per heavy atom. The molecule has 4 aromatic rings. The maximum absolute atomic E-state index is 11.9. The van der Waals surface area contributed by atoms with Crippen LogP contribution < -0.4 is 15.5 Å². The van der Waals surface area contributed by atoms with E-state index in [0.29, 0.717) is 46.2 Å². The summed E-state index contributed by atoms with van der Waals surface area (Å²) in [6.07, 6.45) is 3.16. The van der Waals surface area contributed by atoms with Gasteiger partial charge in [0, 0.05) is 29.9 Å². The van der Waals surface area contributed by atoms with Crippen LogP contribution >= 0.6 is 12.0 Å². The molecule has 0 bridgehead atoms. The molecule has 13 nitrogen and oxygen atoms in total. The van der Waals surface area contributed by atoms with Gasteiger partial charge in [0.25, 0.3) is 10.1 Å². The molecular weight excluding hydrogens is 584 g/mol. The third kappa shape index (κ3) is 8.46. The maximum Gasteiger partial charge on any atom is 0.295 e. The summed E-state index contributed by atoms with van der Waals surface area (Å²) in [6.45, 7) is 1.92. The van der Waals surface area contributed by atoms with Gasteiger partial charge in [-0.25, -0.2) is 5.26 Å². The Bertz CT molecular complexity index is 1660. The van der Waals surface area contributed by atoms with Crippen LogP contribution in [0.2, 0.25) is 0 Å². The molecule has 0 unspecified atom stereocenters. The summed E-state index contributed by atoms with van der Waals surface area (Å²) in [5, 5.41) is 28.1. The van der Waals surface area contributed by atoms with Crippen LogP contribution in [0.5, 0.6) is 0 Å². The number of aryl methyl sites for hydroxylation is 1. The Morgan fingerprint density at radius 2 is 1.60 bits per heavy atom. The van der Waals surface area contributed by atoms with Crippen LogP contribution in [0.25, 0.3) is 12.2 Å². The summed E-state index contributed by atoms with van der Waals surface area (Å²) in [5.41, 5.74) is 2.84. The molecule has 3 aromatic carbocycles. The van der Waals surface area contributed by atoms with Crippen molar-refractivity contribution in [1.82, 2.24) is 15.0 Å². The molecule has 5 N–H and O–H groups in total. The molecule has 4 rings (SSSR count). The minimum Gasteiger partial charge on any atom is -0.395 e. The minimum absolute atomic E-state index is 0.0940. The Balaban J connectivity index is 1.66. The van der Waals surface area contributed by atoms with E-state index in [4.69, 9.17) is 5.26 Å². The summed E-state index contributed by atoms with van der Waals surface area (Å²) in [5.74, 6) is 0.801. The van der Waals surface area contributed by atoms with Gasteiger partial charge in [0.15, 0.2) is 0 Å². The van der Waals surface area contributed by atoms with Crippen LogP contribution in [0.15, 0.2) is 76.5 Å². The van der Waals surface area contributed by atoms with Gasteiger partial charge in [0.1, 0.15) is 4.90 Å². The van der Waals surface area contributed by atoms with Crippen LogP contribution in [-0.4, -0.2) is 58.5 Å². The van der Waals surface area contributed by atoms with Crippen LogP contribution in [-0.2, 0) is 19.5 Å². The Morgan fingerprint density at radius 1 is 0.929 bits per heavy atom. The number of anilines is 5. The lowest BCUT2D eigenvalue weighted by Gasteiger charge is -2.18. The molecule has 0 saturated carbocycles. The summed E-state index contributed by atoms with van der Waals surface area (Å²) in [6, 6.07) is 19.2. The van der Waals surface area contributed by atoms with Crippen molar-refractivity contribution in [2.75, 3.05) is 35.7 Å². The molecule has 0 aliphatic rings. The van der Waals surface area contributed by atoms with Crippen molar-refractivity contribution >= 4 is 63.5 Å². The number of aromatic nitrogens is 3. The number of aliphatic hydroxyl groups excluding tert-OH is 1. The summed E-state index contributed by atoms with van der Waals surface area (Å²) >= 11 is 0.706. The molecule has 0 aliphatic heterocycles. The van der Waals surface area contributed by atoms with E-state index in [1.165, 1.54) is 12.1 Å². The molecule has 42 heavy (non-hydrogen) atoms. The number of nitrogens with one attached hydrogen (secondary N) is 2. The van der Waals surface area contributed by atoms with Crippen molar-refractivity contribution in [3.8, 4) is 0 Å². The van der Waals surface area contributed by atoms with E-state index in [-0.39, 0.29) is 29.0 Å². The van der Waals surface area contributed by atoms with E-state index >= 15 is 0 Å². The highest BCUT2D eigenvalue weighted by atomic mass is 32.2. The molecule has 1 aromatic heterocycles. The van der Waals surface area contributed by atoms with Crippen LogP contribution in [0.4, 0.5) is 29.2 Å². The van der Waals surface area contributed by atoms with Gasteiger partial charge in [-0.3, -0.25) is 4.55 Å². The monoisotopic (exact) mass is 612 g/mol. The van der Waals surface area contributed by atoms with Gasteiger partial charge in [0.2, 0.25) is 17.8 Å². The fourth-order valence-electron chi connectivity index (χ4n) is 3.73. The highest BCUT2D eigenvalue weighted by molar-refractivity contribution is 7.94. The summed E-state index contributed by atoms with van der Waals surface area (Å²) in [4.78, 5) is 15.3. The summed E-state index contributed by atoms with van der Waals surface area (Å²) < 4.78 is 38.1. The SMILES string of the molecule is Cc1ccc(/C=C/c2ccc(Nc3nc(Nc4ccccc4)nc(N(C)CCO)n3)cc2SOOO)c(S(=O)(=O)O)c1. The van der Waals surface area contributed by atoms with Gasteiger partial charge in [-0.2, -0.15) is 23.4 Å². The predicted molar refractivity (Wildman–Crippen MR) is 160 cm³/mol. The smallest absolute Gasteiger partial charge is 0.295 e. The molecule has 0 saturated heterocycles. The zero-order chi connectivity index (χ0) is 30.1. The third-order valence-corrected chi connectivity index (χ3v) is 7.32. The third-order valence-electron chi connectivity index (χ3n) is 5.74. The van der Waals surface area contributed by atoms with E-state index in [1.54, 1.807) is 55.3 Å². The minimum atomic E-state index is -4.45. The molecule has 0 fully saturated rings. The van der Waals surface area contributed by atoms with Crippen molar-refractivity contribution in [1.29, 1.82) is 0 Å². The lowest BCUT2D eigenvalue weighted by Crippen LogP contribution is -2.24. The molecule has 1 heterocycles. The number of benzene rings is 3. The zero-order valence-electron chi connectivity index (χ0n) is 22.5. The quantitative estimate of drug-likeness (QED) is 0.0450. The highest BCUT2D eigenvalue weighted by Gasteiger charge is 2.15. The topological polar surface area (TPSA) is 179 Å². The Labute approximate surface area is 246 Å². The van der Waals surface area contributed by atoms with Gasteiger partial charge in [-0.05, 0) is 53.9 Å². The van der Waals surface area contributed by atoms with E-state index in [1.807, 2.05) is 30.3 Å². The second kappa shape index (κ2) is 14.2. The number of aliphatic hydroxyl groups is 1. The van der Waals surface area contributed by atoms with E-state index < -0.39 is 10.1 Å². The molecule has 0 amide bonds. The average Bonchev–Trinajstić information content (AvgIpc) is 2.96. The van der Waals surface area contributed by atoms with Crippen molar-refractivity contribution in [3.63, 3.8) is 0 Å². The first-order valence-corrected chi connectivity index (χ1v) is 14.6. The second-order valence-corrected chi connectivity index (χ2v) is 11.0. The van der Waals surface area contributed by atoms with Gasteiger partial charge in [0.05, 0.1) is 18.6 Å². The first-order valence-electron chi connectivity index (χ1n) is 12.4. The number of hydrogen-bond donors (Lipinski definition) is 5. The van der Waals surface area contributed by atoms with Crippen molar-refractivity contribution in [2.45, 2.75) is 16.7 Å². The first kappa shape index (κ1) is 30.9. The number of likely N-dealkylation sites (N-methyl/N-ethyl adjacent to an activating group) is 1. The number of nitrogens with zero attached hydrogens (tertiary/aromatic N) is 4. The molecule has 0 atom stereocenters. The van der Waals surface area contributed by atoms with E-state index in [0.717, 1.165) is 5.69 Å². The predicted octanol–water partition coefficient (Wildman–Crippen LogP) is 4.94. The molecular formula is C27H28N6O7S2. The number of hydrogen-bond acceptors (Lipinski definition) is 13. The van der Waals surface area contributed by atoms with Crippen LogP contribution in [0.3, 0.4) is 0 Å². The van der Waals surface area contributed by atoms with Crippen molar-refractivity contribution < 1.29 is 32.7 Å².